The van der Waals surface area contributed by atoms with Crippen molar-refractivity contribution in [3.05, 3.63) is 23.4 Å². The summed E-state index contributed by atoms with van der Waals surface area (Å²) in [7, 11) is 0. The minimum absolute atomic E-state index is 0.0567. The van der Waals surface area contributed by atoms with Crippen LogP contribution in [-0.4, -0.2) is 42.2 Å². The first-order valence-corrected chi connectivity index (χ1v) is 6.58. The van der Waals surface area contributed by atoms with Crippen LogP contribution in [-0.2, 0) is 6.18 Å². The minimum Gasteiger partial charge on any atom is -0.368 e. The second-order valence-electron chi connectivity index (χ2n) is 4.61. The van der Waals surface area contributed by atoms with Crippen LogP contribution in [0.15, 0.2) is 12.1 Å². The molecule has 0 spiro atoms. The van der Waals surface area contributed by atoms with Crippen LogP contribution in [0.2, 0.25) is 0 Å². The maximum absolute atomic E-state index is 12.6. The largest absolute Gasteiger partial charge is 0.433 e. The SMILES string of the molecule is CCN(CCNc1nc(C(F)(F)F)ccc1C#N)CC(F)(F)F. The Morgan fingerprint density at radius 2 is 1.87 bits per heavy atom. The lowest BCUT2D eigenvalue weighted by Crippen LogP contribution is -2.37. The fraction of sp³-hybridized carbons (Fsp3) is 0.538. The van der Waals surface area contributed by atoms with Crippen molar-refractivity contribution in [1.82, 2.24) is 9.88 Å². The van der Waals surface area contributed by atoms with Gasteiger partial charge in [0.2, 0.25) is 0 Å². The first-order chi connectivity index (χ1) is 10.6. The Bertz CT molecular complexity index is 561. The second kappa shape index (κ2) is 7.50. The second-order valence-corrected chi connectivity index (χ2v) is 4.61. The van der Waals surface area contributed by atoms with Crippen LogP contribution in [0.25, 0.3) is 0 Å². The van der Waals surface area contributed by atoms with E-state index in [-0.39, 0.29) is 31.0 Å². The highest BCUT2D eigenvalue weighted by atomic mass is 19.4. The van der Waals surface area contributed by atoms with E-state index < -0.39 is 24.6 Å². The molecule has 1 heterocycles. The molecule has 0 aliphatic rings. The van der Waals surface area contributed by atoms with Crippen molar-refractivity contribution >= 4 is 5.82 Å². The smallest absolute Gasteiger partial charge is 0.368 e. The summed E-state index contributed by atoms with van der Waals surface area (Å²) in [4.78, 5) is 4.39. The van der Waals surface area contributed by atoms with Crippen LogP contribution in [0.4, 0.5) is 32.2 Å². The third kappa shape index (κ3) is 6.32. The molecule has 0 bridgehead atoms. The lowest BCUT2D eigenvalue weighted by Gasteiger charge is -2.22. The molecule has 1 aromatic rings. The van der Waals surface area contributed by atoms with E-state index in [0.29, 0.717) is 6.07 Å². The molecule has 1 aromatic heterocycles. The molecule has 0 saturated heterocycles. The summed E-state index contributed by atoms with van der Waals surface area (Å²) in [6.45, 7) is 0.412. The number of pyridine rings is 1. The monoisotopic (exact) mass is 340 g/mol. The van der Waals surface area contributed by atoms with Gasteiger partial charge in [-0.15, -0.1) is 0 Å². The van der Waals surface area contributed by atoms with Crippen molar-refractivity contribution in [2.75, 3.05) is 31.5 Å². The zero-order valence-corrected chi connectivity index (χ0v) is 12.1. The molecule has 128 valence electrons. The Hall–Kier alpha value is -2.02. The summed E-state index contributed by atoms with van der Waals surface area (Å²) in [5.41, 5.74) is -1.29. The Balaban J connectivity index is 2.75. The van der Waals surface area contributed by atoms with Gasteiger partial charge in [-0.25, -0.2) is 4.98 Å². The summed E-state index contributed by atoms with van der Waals surface area (Å²) >= 11 is 0. The summed E-state index contributed by atoms with van der Waals surface area (Å²) in [6, 6.07) is 3.31. The van der Waals surface area contributed by atoms with Gasteiger partial charge in [-0.05, 0) is 18.7 Å². The Labute approximate surface area is 128 Å². The third-order valence-corrected chi connectivity index (χ3v) is 2.88. The number of halogens is 6. The van der Waals surface area contributed by atoms with Gasteiger partial charge < -0.3 is 5.32 Å². The van der Waals surface area contributed by atoms with Crippen LogP contribution in [0.3, 0.4) is 0 Å². The summed E-state index contributed by atoms with van der Waals surface area (Å²) in [6.07, 6.45) is -9.03. The van der Waals surface area contributed by atoms with E-state index in [1.807, 2.05) is 0 Å². The van der Waals surface area contributed by atoms with E-state index in [1.54, 1.807) is 6.07 Å². The average molecular weight is 340 g/mol. The molecule has 1 rings (SSSR count). The zero-order chi connectivity index (χ0) is 17.7. The van der Waals surface area contributed by atoms with Crippen LogP contribution in [0, 0.1) is 11.3 Å². The van der Waals surface area contributed by atoms with E-state index >= 15 is 0 Å². The van der Waals surface area contributed by atoms with Crippen molar-refractivity contribution in [2.24, 2.45) is 0 Å². The van der Waals surface area contributed by atoms with Gasteiger partial charge in [0.1, 0.15) is 17.6 Å². The first-order valence-electron chi connectivity index (χ1n) is 6.58. The van der Waals surface area contributed by atoms with Crippen molar-refractivity contribution in [3.63, 3.8) is 0 Å². The number of rotatable bonds is 6. The fourth-order valence-corrected chi connectivity index (χ4v) is 1.78. The summed E-state index contributed by atoms with van der Waals surface area (Å²) in [5, 5.41) is 11.3. The standard InChI is InChI=1S/C13H14F6N4/c1-2-23(8-12(14,15)16)6-5-21-11-9(7-20)3-4-10(22-11)13(17,18)19/h3-4H,2,5-6,8H2,1H3,(H,21,22). The number of aromatic nitrogens is 1. The Morgan fingerprint density at radius 3 is 2.35 bits per heavy atom. The molecule has 23 heavy (non-hydrogen) atoms. The fourth-order valence-electron chi connectivity index (χ4n) is 1.78. The summed E-state index contributed by atoms with van der Waals surface area (Å²) in [5.74, 6) is -0.301. The van der Waals surface area contributed by atoms with Gasteiger partial charge in [-0.1, -0.05) is 6.92 Å². The number of hydrogen-bond acceptors (Lipinski definition) is 4. The van der Waals surface area contributed by atoms with Crippen molar-refractivity contribution in [1.29, 1.82) is 5.26 Å². The molecule has 10 heteroatoms. The van der Waals surface area contributed by atoms with E-state index in [4.69, 9.17) is 5.26 Å². The maximum Gasteiger partial charge on any atom is 0.433 e. The third-order valence-electron chi connectivity index (χ3n) is 2.88. The van der Waals surface area contributed by atoms with E-state index in [1.165, 1.54) is 6.92 Å². The van der Waals surface area contributed by atoms with Crippen LogP contribution in [0.5, 0.6) is 0 Å². The van der Waals surface area contributed by atoms with Gasteiger partial charge in [0.15, 0.2) is 0 Å². The number of hydrogen-bond donors (Lipinski definition) is 1. The molecule has 0 aliphatic carbocycles. The van der Waals surface area contributed by atoms with Crippen LogP contribution in [0.1, 0.15) is 18.2 Å². The highest BCUT2D eigenvalue weighted by Crippen LogP contribution is 2.29. The van der Waals surface area contributed by atoms with Gasteiger partial charge in [0, 0.05) is 13.1 Å². The molecule has 0 amide bonds. The van der Waals surface area contributed by atoms with Gasteiger partial charge in [-0.3, -0.25) is 4.90 Å². The number of likely N-dealkylation sites (N-methyl/N-ethyl adjacent to an activating group) is 1. The number of anilines is 1. The van der Waals surface area contributed by atoms with Crippen LogP contribution >= 0.6 is 0 Å². The molecule has 0 fully saturated rings. The highest BCUT2D eigenvalue weighted by Gasteiger charge is 2.33. The van der Waals surface area contributed by atoms with Gasteiger partial charge in [0.25, 0.3) is 0 Å². The van der Waals surface area contributed by atoms with Crippen LogP contribution < -0.4 is 5.32 Å². The van der Waals surface area contributed by atoms with E-state index in [2.05, 4.69) is 10.3 Å². The van der Waals surface area contributed by atoms with Gasteiger partial charge in [0.05, 0.1) is 12.1 Å². The minimum atomic E-state index is -4.67. The molecular weight excluding hydrogens is 326 g/mol. The molecule has 0 aromatic carbocycles. The Kier molecular flexibility index (Phi) is 6.20. The normalized spacial score (nSPS) is 12.3. The molecule has 0 saturated carbocycles. The van der Waals surface area contributed by atoms with Gasteiger partial charge in [-0.2, -0.15) is 31.6 Å². The number of nitrogens with zero attached hydrogens (tertiary/aromatic N) is 3. The van der Waals surface area contributed by atoms with E-state index in [0.717, 1.165) is 11.0 Å². The molecule has 4 nitrogen and oxygen atoms in total. The first kappa shape index (κ1) is 19.0. The molecule has 0 aliphatic heterocycles. The quantitative estimate of drug-likeness (QED) is 0.808. The lowest BCUT2D eigenvalue weighted by atomic mass is 10.2. The number of nitrogens with one attached hydrogen (secondary N) is 1. The summed E-state index contributed by atoms with van der Waals surface area (Å²) < 4.78 is 74.7. The predicted molar refractivity (Wildman–Crippen MR) is 70.6 cm³/mol. The molecule has 1 N–H and O–H groups in total. The van der Waals surface area contributed by atoms with Crippen molar-refractivity contribution < 1.29 is 26.3 Å². The number of alkyl halides is 6. The molecular formula is C13H14F6N4. The predicted octanol–water partition coefficient (Wildman–Crippen LogP) is 3.27. The topological polar surface area (TPSA) is 52.0 Å². The number of nitriles is 1. The molecule has 0 unspecified atom stereocenters. The zero-order valence-electron chi connectivity index (χ0n) is 12.1. The highest BCUT2D eigenvalue weighted by molar-refractivity contribution is 5.52. The van der Waals surface area contributed by atoms with Crippen molar-refractivity contribution in [3.8, 4) is 6.07 Å². The lowest BCUT2D eigenvalue weighted by molar-refractivity contribution is -0.145. The average Bonchev–Trinajstić information content (AvgIpc) is 2.43. The van der Waals surface area contributed by atoms with Gasteiger partial charge >= 0.3 is 12.4 Å². The maximum atomic E-state index is 12.6. The van der Waals surface area contributed by atoms with Crippen molar-refractivity contribution in [2.45, 2.75) is 19.3 Å². The molecule has 0 atom stereocenters. The van der Waals surface area contributed by atoms with E-state index in [9.17, 15) is 26.3 Å². The molecule has 0 radical (unpaired) electrons. The Morgan fingerprint density at radius 1 is 1.22 bits per heavy atom.